The number of rotatable bonds is 6. The Kier molecular flexibility index (Phi) is 6.10. The summed E-state index contributed by atoms with van der Waals surface area (Å²) in [6.07, 6.45) is 1.83. The van der Waals surface area contributed by atoms with Gasteiger partial charge in [0.1, 0.15) is 5.75 Å². The molecule has 0 saturated carbocycles. The topological polar surface area (TPSA) is 28.1 Å². The van der Waals surface area contributed by atoms with Gasteiger partial charge < -0.3 is 14.5 Å². The number of halogens is 1. The molecule has 0 amide bonds. The fraction of sp³-hybridized carbons (Fsp3) is 0.316. The smallest absolute Gasteiger partial charge is 0.119 e. The lowest BCUT2D eigenvalue weighted by molar-refractivity contribution is 0.415. The standard InChI is InChI=1S/C19H24ClN3O/c1-6-22(3)13-21-18-11-15(20)12-19(14(18)2)23(4)16-7-9-17(24-5)10-8-16/h7-13H,6H2,1-5H3. The van der Waals surface area contributed by atoms with Crippen molar-refractivity contribution in [1.82, 2.24) is 4.90 Å². The Hall–Kier alpha value is -2.20. The van der Waals surface area contributed by atoms with Crippen LogP contribution >= 0.6 is 11.6 Å². The van der Waals surface area contributed by atoms with E-state index in [1.807, 2.05) is 61.7 Å². The van der Waals surface area contributed by atoms with Crippen molar-refractivity contribution in [2.45, 2.75) is 13.8 Å². The summed E-state index contributed by atoms with van der Waals surface area (Å²) in [5, 5.41) is 0.669. The number of ether oxygens (including phenoxy) is 1. The minimum Gasteiger partial charge on any atom is -0.497 e. The number of anilines is 2. The van der Waals surface area contributed by atoms with Crippen molar-refractivity contribution in [2.75, 3.05) is 32.6 Å². The number of benzene rings is 2. The molecule has 0 spiro atoms. The molecule has 0 aromatic heterocycles. The first-order chi connectivity index (χ1) is 11.5. The Morgan fingerprint density at radius 1 is 1.17 bits per heavy atom. The van der Waals surface area contributed by atoms with Crippen LogP contribution in [0.3, 0.4) is 0 Å². The Morgan fingerprint density at radius 3 is 2.42 bits per heavy atom. The third-order valence-electron chi connectivity index (χ3n) is 4.03. The highest BCUT2D eigenvalue weighted by Crippen LogP contribution is 2.36. The van der Waals surface area contributed by atoms with E-state index < -0.39 is 0 Å². The third-order valence-corrected chi connectivity index (χ3v) is 4.25. The molecule has 0 aliphatic carbocycles. The summed E-state index contributed by atoms with van der Waals surface area (Å²) in [5.41, 5.74) is 4.04. The molecule has 0 radical (unpaired) electrons. The third kappa shape index (κ3) is 4.20. The molecule has 24 heavy (non-hydrogen) atoms. The molecule has 0 saturated heterocycles. The van der Waals surface area contributed by atoms with Crippen LogP contribution in [0.4, 0.5) is 17.1 Å². The van der Waals surface area contributed by atoms with E-state index in [2.05, 4.69) is 23.7 Å². The van der Waals surface area contributed by atoms with E-state index >= 15 is 0 Å². The number of hydrogen-bond acceptors (Lipinski definition) is 3. The Bertz CT molecular complexity index is 713. The highest BCUT2D eigenvalue weighted by molar-refractivity contribution is 6.31. The molecule has 0 fully saturated rings. The van der Waals surface area contributed by atoms with Crippen LogP contribution in [0.15, 0.2) is 41.4 Å². The van der Waals surface area contributed by atoms with E-state index in [0.717, 1.165) is 34.9 Å². The van der Waals surface area contributed by atoms with E-state index in [-0.39, 0.29) is 0 Å². The SMILES string of the molecule is CCN(C)C=Nc1cc(Cl)cc(N(C)c2ccc(OC)cc2)c1C. The van der Waals surface area contributed by atoms with Crippen LogP contribution in [0.1, 0.15) is 12.5 Å². The zero-order valence-corrected chi connectivity index (χ0v) is 15.6. The number of hydrogen-bond donors (Lipinski definition) is 0. The summed E-state index contributed by atoms with van der Waals surface area (Å²) in [4.78, 5) is 8.69. The van der Waals surface area contributed by atoms with Crippen LogP contribution in [0.2, 0.25) is 5.02 Å². The van der Waals surface area contributed by atoms with Crippen LogP contribution in [-0.2, 0) is 0 Å². The molecule has 2 aromatic rings. The Morgan fingerprint density at radius 2 is 1.83 bits per heavy atom. The minimum atomic E-state index is 0.669. The van der Waals surface area contributed by atoms with Crippen molar-refractivity contribution in [3.05, 3.63) is 47.0 Å². The normalized spacial score (nSPS) is 10.9. The summed E-state index contributed by atoms with van der Waals surface area (Å²) in [7, 11) is 5.68. The molecule has 2 rings (SSSR count). The van der Waals surface area contributed by atoms with E-state index in [0.29, 0.717) is 5.02 Å². The molecule has 0 heterocycles. The Labute approximate surface area is 149 Å². The van der Waals surface area contributed by atoms with Crippen molar-refractivity contribution < 1.29 is 4.74 Å². The molecule has 0 bridgehead atoms. The molecule has 5 heteroatoms. The molecular formula is C19H24ClN3O. The second-order valence-electron chi connectivity index (χ2n) is 5.64. The van der Waals surface area contributed by atoms with Crippen molar-refractivity contribution in [3.63, 3.8) is 0 Å². The van der Waals surface area contributed by atoms with Gasteiger partial charge in [-0.1, -0.05) is 11.6 Å². The minimum absolute atomic E-state index is 0.669. The highest BCUT2D eigenvalue weighted by Gasteiger charge is 2.12. The first-order valence-corrected chi connectivity index (χ1v) is 8.26. The predicted octanol–water partition coefficient (Wildman–Crippen LogP) is 5.04. The summed E-state index contributed by atoms with van der Waals surface area (Å²) in [5.74, 6) is 0.836. The van der Waals surface area contributed by atoms with Gasteiger partial charge in [0.2, 0.25) is 0 Å². The van der Waals surface area contributed by atoms with Gasteiger partial charge in [0.25, 0.3) is 0 Å². The first kappa shape index (κ1) is 18.1. The average Bonchev–Trinajstić information content (AvgIpc) is 2.61. The van der Waals surface area contributed by atoms with Gasteiger partial charge in [0, 0.05) is 37.0 Å². The fourth-order valence-corrected chi connectivity index (χ4v) is 2.53. The van der Waals surface area contributed by atoms with Crippen molar-refractivity contribution in [2.24, 2.45) is 4.99 Å². The van der Waals surface area contributed by atoms with Gasteiger partial charge in [0.05, 0.1) is 19.1 Å². The second kappa shape index (κ2) is 8.06. The van der Waals surface area contributed by atoms with Gasteiger partial charge in [-0.05, 0) is 55.8 Å². The lowest BCUT2D eigenvalue weighted by Gasteiger charge is -2.23. The van der Waals surface area contributed by atoms with Crippen LogP contribution < -0.4 is 9.64 Å². The van der Waals surface area contributed by atoms with Crippen LogP contribution in [0.5, 0.6) is 5.75 Å². The van der Waals surface area contributed by atoms with Gasteiger partial charge >= 0.3 is 0 Å². The molecular weight excluding hydrogens is 322 g/mol. The second-order valence-corrected chi connectivity index (χ2v) is 6.08. The van der Waals surface area contributed by atoms with Gasteiger partial charge in [-0.15, -0.1) is 0 Å². The predicted molar refractivity (Wildman–Crippen MR) is 104 cm³/mol. The molecule has 2 aromatic carbocycles. The highest BCUT2D eigenvalue weighted by atomic mass is 35.5. The first-order valence-electron chi connectivity index (χ1n) is 7.88. The fourth-order valence-electron chi connectivity index (χ4n) is 2.32. The lowest BCUT2D eigenvalue weighted by atomic mass is 10.1. The zero-order chi connectivity index (χ0) is 17.7. The quantitative estimate of drug-likeness (QED) is 0.542. The average molecular weight is 346 g/mol. The molecule has 4 nitrogen and oxygen atoms in total. The van der Waals surface area contributed by atoms with Crippen LogP contribution in [0, 0.1) is 6.92 Å². The Balaban J connectivity index is 2.38. The maximum absolute atomic E-state index is 6.32. The maximum Gasteiger partial charge on any atom is 0.119 e. The van der Waals surface area contributed by atoms with Crippen molar-refractivity contribution in [1.29, 1.82) is 0 Å². The maximum atomic E-state index is 6.32. The summed E-state index contributed by atoms with van der Waals surface area (Å²) < 4.78 is 5.22. The van der Waals surface area contributed by atoms with Gasteiger partial charge in [-0.3, -0.25) is 0 Å². The summed E-state index contributed by atoms with van der Waals surface area (Å²) in [6.45, 7) is 5.05. The monoisotopic (exact) mass is 345 g/mol. The summed E-state index contributed by atoms with van der Waals surface area (Å²) >= 11 is 6.32. The van der Waals surface area contributed by atoms with E-state index in [1.54, 1.807) is 7.11 Å². The van der Waals surface area contributed by atoms with Crippen LogP contribution in [0.25, 0.3) is 0 Å². The van der Waals surface area contributed by atoms with Gasteiger partial charge in [-0.2, -0.15) is 0 Å². The van der Waals surface area contributed by atoms with Gasteiger partial charge in [-0.25, -0.2) is 4.99 Å². The molecule has 0 atom stereocenters. The molecule has 0 unspecified atom stereocenters. The molecule has 0 N–H and O–H groups in total. The van der Waals surface area contributed by atoms with Crippen molar-refractivity contribution in [3.8, 4) is 5.75 Å². The number of aliphatic imine (C=N–C) groups is 1. The lowest BCUT2D eigenvalue weighted by Crippen LogP contribution is -2.14. The molecule has 0 aliphatic rings. The van der Waals surface area contributed by atoms with E-state index in [9.17, 15) is 0 Å². The largest absolute Gasteiger partial charge is 0.497 e. The van der Waals surface area contributed by atoms with E-state index in [4.69, 9.17) is 16.3 Å². The molecule has 0 aliphatic heterocycles. The summed E-state index contributed by atoms with van der Waals surface area (Å²) in [6, 6.07) is 11.8. The van der Waals surface area contributed by atoms with Crippen LogP contribution in [-0.4, -0.2) is 39.0 Å². The van der Waals surface area contributed by atoms with E-state index in [1.165, 1.54) is 0 Å². The molecule has 128 valence electrons. The van der Waals surface area contributed by atoms with Gasteiger partial charge in [0.15, 0.2) is 0 Å². The zero-order valence-electron chi connectivity index (χ0n) is 14.9. The number of methoxy groups -OCH3 is 1. The van der Waals surface area contributed by atoms with Crippen molar-refractivity contribution >= 4 is 35.0 Å². The number of nitrogens with zero attached hydrogens (tertiary/aromatic N) is 3.